The molecular weight excluding hydrogens is 297 g/mol. The van der Waals surface area contributed by atoms with Gasteiger partial charge in [0.1, 0.15) is 11.9 Å². The van der Waals surface area contributed by atoms with Crippen molar-refractivity contribution in [2.75, 3.05) is 16.8 Å². The third kappa shape index (κ3) is 3.31. The molecule has 0 bridgehead atoms. The van der Waals surface area contributed by atoms with E-state index in [-0.39, 0.29) is 11.6 Å². The number of amides is 3. The van der Waals surface area contributed by atoms with Crippen molar-refractivity contribution in [1.82, 2.24) is 5.32 Å². The lowest BCUT2D eigenvalue weighted by Gasteiger charge is -2.17. The van der Waals surface area contributed by atoms with Crippen molar-refractivity contribution in [1.29, 1.82) is 0 Å². The molecule has 1 fully saturated rings. The summed E-state index contributed by atoms with van der Waals surface area (Å²) in [5.74, 6) is -0.689. The van der Waals surface area contributed by atoms with Gasteiger partial charge in [-0.15, -0.1) is 0 Å². The van der Waals surface area contributed by atoms with Crippen LogP contribution in [0.1, 0.15) is 6.42 Å². The van der Waals surface area contributed by atoms with Crippen LogP contribution in [0.3, 0.4) is 0 Å². The van der Waals surface area contributed by atoms with Gasteiger partial charge in [0.15, 0.2) is 0 Å². The van der Waals surface area contributed by atoms with E-state index in [9.17, 15) is 14.0 Å². The molecule has 1 saturated heterocycles. The van der Waals surface area contributed by atoms with Gasteiger partial charge in [0, 0.05) is 12.2 Å². The Morgan fingerprint density at radius 3 is 2.52 bits per heavy atom. The Morgan fingerprint density at radius 1 is 1.09 bits per heavy atom. The highest BCUT2D eigenvalue weighted by Crippen LogP contribution is 2.21. The average Bonchev–Trinajstić information content (AvgIpc) is 2.91. The van der Waals surface area contributed by atoms with Crippen LogP contribution < -0.4 is 15.5 Å². The lowest BCUT2D eigenvalue weighted by molar-refractivity contribution is -0.118. The molecule has 2 aromatic carbocycles. The van der Waals surface area contributed by atoms with Crippen molar-refractivity contribution in [3.63, 3.8) is 0 Å². The minimum atomic E-state index is -0.609. The summed E-state index contributed by atoms with van der Waals surface area (Å²) in [6.07, 6.45) is 0.512. The number of hydrogen-bond donors (Lipinski definition) is 2. The summed E-state index contributed by atoms with van der Waals surface area (Å²) < 4.78 is 13.5. The summed E-state index contributed by atoms with van der Waals surface area (Å²) in [6.45, 7) is 0.535. The first kappa shape index (κ1) is 15.0. The van der Waals surface area contributed by atoms with Gasteiger partial charge in [-0.3, -0.25) is 4.79 Å². The van der Waals surface area contributed by atoms with Crippen molar-refractivity contribution < 1.29 is 14.0 Å². The average molecular weight is 313 g/mol. The zero-order valence-corrected chi connectivity index (χ0v) is 12.3. The molecule has 1 aliphatic heterocycles. The number of anilines is 2. The monoisotopic (exact) mass is 313 g/mol. The zero-order chi connectivity index (χ0) is 16.2. The maximum absolute atomic E-state index is 13.5. The highest BCUT2D eigenvalue weighted by atomic mass is 19.1. The number of carbonyl (C=O) groups is 2. The van der Waals surface area contributed by atoms with Gasteiger partial charge in [-0.05, 0) is 30.7 Å². The number of carbonyl (C=O) groups excluding carboxylic acids is 2. The second kappa shape index (κ2) is 6.48. The maximum atomic E-state index is 13.5. The van der Waals surface area contributed by atoms with Crippen molar-refractivity contribution >= 4 is 23.3 Å². The van der Waals surface area contributed by atoms with E-state index in [4.69, 9.17) is 0 Å². The van der Waals surface area contributed by atoms with Gasteiger partial charge in [-0.1, -0.05) is 30.3 Å². The van der Waals surface area contributed by atoms with Gasteiger partial charge in [-0.25, -0.2) is 9.18 Å². The molecular formula is C17H16FN3O2. The van der Waals surface area contributed by atoms with Crippen LogP contribution in [-0.4, -0.2) is 24.5 Å². The Labute approximate surface area is 133 Å². The molecule has 0 aromatic heterocycles. The Kier molecular flexibility index (Phi) is 4.23. The first-order valence-corrected chi connectivity index (χ1v) is 7.33. The molecule has 5 nitrogen and oxygen atoms in total. The Hall–Kier alpha value is -2.89. The van der Waals surface area contributed by atoms with Crippen molar-refractivity contribution in [3.05, 3.63) is 60.4 Å². The van der Waals surface area contributed by atoms with Crippen LogP contribution in [0.5, 0.6) is 0 Å². The molecule has 6 heteroatoms. The summed E-state index contributed by atoms with van der Waals surface area (Å²) in [7, 11) is 0. The molecule has 0 radical (unpaired) electrons. The molecule has 0 aliphatic carbocycles. The molecule has 1 unspecified atom stereocenters. The molecule has 118 valence electrons. The second-order valence-corrected chi connectivity index (χ2v) is 5.24. The van der Waals surface area contributed by atoms with Crippen molar-refractivity contribution in [3.8, 4) is 0 Å². The van der Waals surface area contributed by atoms with Crippen LogP contribution in [0.4, 0.5) is 20.6 Å². The molecule has 3 rings (SSSR count). The van der Waals surface area contributed by atoms with Gasteiger partial charge in [0.2, 0.25) is 5.91 Å². The molecule has 0 saturated carbocycles. The number of para-hydroxylation sites is 2. The van der Waals surface area contributed by atoms with E-state index in [0.29, 0.717) is 13.0 Å². The number of nitrogens with one attached hydrogen (secondary N) is 2. The summed E-state index contributed by atoms with van der Waals surface area (Å²) in [4.78, 5) is 26.0. The standard InChI is InChI=1S/C17H16FN3O2/c18-13-8-4-5-9-14(13)19-17(23)20-15-10-11-21(16(15)22)12-6-2-1-3-7-12/h1-9,15H,10-11H2,(H2,19,20,23). The Bertz CT molecular complexity index is 721. The fourth-order valence-electron chi connectivity index (χ4n) is 2.56. The third-order valence-electron chi connectivity index (χ3n) is 3.70. The van der Waals surface area contributed by atoms with Crippen LogP contribution in [0.25, 0.3) is 0 Å². The fourth-order valence-corrected chi connectivity index (χ4v) is 2.56. The van der Waals surface area contributed by atoms with E-state index in [1.807, 2.05) is 30.3 Å². The molecule has 2 N–H and O–H groups in total. The van der Waals surface area contributed by atoms with E-state index in [1.54, 1.807) is 11.0 Å². The van der Waals surface area contributed by atoms with Crippen molar-refractivity contribution in [2.45, 2.75) is 12.5 Å². The van der Waals surface area contributed by atoms with E-state index in [2.05, 4.69) is 10.6 Å². The Morgan fingerprint density at radius 2 is 1.78 bits per heavy atom. The van der Waals surface area contributed by atoms with Crippen LogP contribution in [0, 0.1) is 5.82 Å². The predicted octanol–water partition coefficient (Wildman–Crippen LogP) is 2.75. The number of benzene rings is 2. The largest absolute Gasteiger partial charge is 0.326 e. The fraction of sp³-hybridized carbons (Fsp3) is 0.176. The highest BCUT2D eigenvalue weighted by Gasteiger charge is 2.33. The van der Waals surface area contributed by atoms with Gasteiger partial charge >= 0.3 is 6.03 Å². The van der Waals surface area contributed by atoms with Crippen LogP contribution >= 0.6 is 0 Å². The lowest BCUT2D eigenvalue weighted by Crippen LogP contribution is -2.43. The van der Waals surface area contributed by atoms with E-state index >= 15 is 0 Å². The number of hydrogen-bond acceptors (Lipinski definition) is 2. The minimum absolute atomic E-state index is 0.0790. The molecule has 1 heterocycles. The normalized spacial score (nSPS) is 17.2. The van der Waals surface area contributed by atoms with Gasteiger partial charge in [-0.2, -0.15) is 0 Å². The topological polar surface area (TPSA) is 61.4 Å². The lowest BCUT2D eigenvalue weighted by atomic mass is 10.2. The summed E-state index contributed by atoms with van der Waals surface area (Å²) in [5, 5.41) is 5.01. The second-order valence-electron chi connectivity index (χ2n) is 5.24. The maximum Gasteiger partial charge on any atom is 0.319 e. The number of urea groups is 1. The van der Waals surface area contributed by atoms with Gasteiger partial charge < -0.3 is 15.5 Å². The zero-order valence-electron chi connectivity index (χ0n) is 12.3. The summed E-state index contributed by atoms with van der Waals surface area (Å²) in [6, 6.07) is 14.0. The van der Waals surface area contributed by atoms with Crippen LogP contribution in [0.2, 0.25) is 0 Å². The quantitative estimate of drug-likeness (QED) is 0.915. The molecule has 3 amide bonds. The predicted molar refractivity (Wildman–Crippen MR) is 85.8 cm³/mol. The summed E-state index contributed by atoms with van der Waals surface area (Å²) in [5.41, 5.74) is 0.881. The van der Waals surface area contributed by atoms with E-state index < -0.39 is 17.9 Å². The molecule has 1 atom stereocenters. The number of halogens is 1. The van der Waals surface area contributed by atoms with Gasteiger partial charge in [0.25, 0.3) is 0 Å². The molecule has 2 aromatic rings. The van der Waals surface area contributed by atoms with Crippen LogP contribution in [-0.2, 0) is 4.79 Å². The molecule has 0 spiro atoms. The van der Waals surface area contributed by atoms with Gasteiger partial charge in [0.05, 0.1) is 5.69 Å². The summed E-state index contributed by atoms with van der Waals surface area (Å²) >= 11 is 0. The van der Waals surface area contributed by atoms with E-state index in [0.717, 1.165) is 5.69 Å². The third-order valence-corrected chi connectivity index (χ3v) is 3.70. The SMILES string of the molecule is O=C(Nc1ccccc1F)NC1CCN(c2ccccc2)C1=O. The van der Waals surface area contributed by atoms with Crippen molar-refractivity contribution in [2.24, 2.45) is 0 Å². The first-order valence-electron chi connectivity index (χ1n) is 7.33. The van der Waals surface area contributed by atoms with Crippen LogP contribution in [0.15, 0.2) is 54.6 Å². The highest BCUT2D eigenvalue weighted by molar-refractivity contribution is 6.02. The smallest absolute Gasteiger partial charge is 0.319 e. The first-order chi connectivity index (χ1) is 11.1. The molecule has 23 heavy (non-hydrogen) atoms. The Balaban J connectivity index is 1.62. The minimum Gasteiger partial charge on any atom is -0.326 e. The number of nitrogens with zero attached hydrogens (tertiary/aromatic N) is 1. The number of rotatable bonds is 3. The van der Waals surface area contributed by atoms with E-state index in [1.165, 1.54) is 18.2 Å². The molecule has 1 aliphatic rings.